The number of unbranched alkanes of at least 4 members (excludes halogenated alkanes) is 13. The lowest BCUT2D eigenvalue weighted by molar-refractivity contribution is -0.138. The van der Waals surface area contributed by atoms with Gasteiger partial charge in [-0.25, -0.2) is 0 Å². The molecule has 0 heterocycles. The highest BCUT2D eigenvalue weighted by Gasteiger charge is 2.19. The number of benzene rings is 1. The summed E-state index contributed by atoms with van der Waals surface area (Å²) in [5.74, 6) is -0.316. The fourth-order valence-electron chi connectivity index (χ4n) is 3.97. The molecule has 4 nitrogen and oxygen atoms in total. The molecule has 0 aromatic heterocycles. The molecule has 5 N–H and O–H groups in total. The van der Waals surface area contributed by atoms with E-state index in [4.69, 9.17) is 16.6 Å². The van der Waals surface area contributed by atoms with Crippen LogP contribution in [0.1, 0.15) is 130 Å². The van der Waals surface area contributed by atoms with E-state index in [9.17, 15) is 4.79 Å². The van der Waals surface area contributed by atoms with Crippen LogP contribution in [0.5, 0.6) is 0 Å². The van der Waals surface area contributed by atoms with Crippen molar-refractivity contribution in [2.45, 2.75) is 142 Å². The molecule has 34 heavy (non-hydrogen) atoms. The standard InChI is InChI=1S/C21H45N.C9H11NO2/c1-5-6-7-8-9-10-11-12-13-14-15-16-17-18-19-20(2)21(3,4)22;10-8(9(11)12)6-7-4-2-1-3-5-7/h20H,5-19,22H2,1-4H3;1-5,8H,6,10H2,(H,11,12). The van der Waals surface area contributed by atoms with Gasteiger partial charge in [0.15, 0.2) is 0 Å². The summed E-state index contributed by atoms with van der Waals surface area (Å²) in [5.41, 5.74) is 12.4. The lowest BCUT2D eigenvalue weighted by atomic mass is 9.86. The Labute approximate surface area is 211 Å². The Hall–Kier alpha value is -1.39. The van der Waals surface area contributed by atoms with Crippen molar-refractivity contribution in [1.82, 2.24) is 0 Å². The predicted octanol–water partition coefficient (Wildman–Crippen LogP) is 7.87. The average Bonchev–Trinajstić information content (AvgIpc) is 2.79. The van der Waals surface area contributed by atoms with Crippen molar-refractivity contribution in [1.29, 1.82) is 0 Å². The summed E-state index contributed by atoms with van der Waals surface area (Å²) in [7, 11) is 0. The van der Waals surface area contributed by atoms with Gasteiger partial charge in [0.1, 0.15) is 6.04 Å². The van der Waals surface area contributed by atoms with Crippen LogP contribution in [0.2, 0.25) is 0 Å². The number of carboxylic acid groups (broad SMARTS) is 1. The van der Waals surface area contributed by atoms with Crippen molar-refractivity contribution in [2.75, 3.05) is 0 Å². The molecule has 1 aromatic rings. The molecule has 2 atom stereocenters. The molecule has 0 aliphatic carbocycles. The van der Waals surface area contributed by atoms with Gasteiger partial charge in [0.25, 0.3) is 0 Å². The van der Waals surface area contributed by atoms with Crippen LogP contribution in [-0.4, -0.2) is 22.7 Å². The summed E-state index contributed by atoms with van der Waals surface area (Å²) in [6, 6.07) is 8.54. The number of carbonyl (C=O) groups is 1. The van der Waals surface area contributed by atoms with E-state index in [-0.39, 0.29) is 5.54 Å². The SMILES string of the molecule is CCCCCCCCCCCCCCCCC(C)C(C)(C)N.NC(Cc1ccccc1)C(=O)O. The Morgan fingerprint density at radius 3 is 1.62 bits per heavy atom. The fraction of sp³-hybridized carbons (Fsp3) is 0.767. The summed E-state index contributed by atoms with van der Waals surface area (Å²) < 4.78 is 0. The third kappa shape index (κ3) is 20.0. The molecule has 0 saturated heterocycles. The number of hydrogen-bond donors (Lipinski definition) is 3. The van der Waals surface area contributed by atoms with Crippen LogP contribution in [0.15, 0.2) is 30.3 Å². The third-order valence-electron chi connectivity index (χ3n) is 6.88. The molecule has 1 aromatic carbocycles. The molecule has 0 saturated carbocycles. The maximum atomic E-state index is 10.4. The van der Waals surface area contributed by atoms with E-state index >= 15 is 0 Å². The lowest BCUT2D eigenvalue weighted by Crippen LogP contribution is -2.39. The monoisotopic (exact) mass is 476 g/mol. The molecular weight excluding hydrogens is 420 g/mol. The van der Waals surface area contributed by atoms with Crippen molar-refractivity contribution in [3.63, 3.8) is 0 Å². The summed E-state index contributed by atoms with van der Waals surface area (Å²) in [4.78, 5) is 10.4. The van der Waals surface area contributed by atoms with E-state index in [1.165, 1.54) is 96.3 Å². The van der Waals surface area contributed by atoms with Gasteiger partial charge in [-0.2, -0.15) is 0 Å². The van der Waals surface area contributed by atoms with Gasteiger partial charge in [0.05, 0.1) is 0 Å². The smallest absolute Gasteiger partial charge is 0.320 e. The number of nitrogens with two attached hydrogens (primary N) is 2. The van der Waals surface area contributed by atoms with E-state index in [0.29, 0.717) is 12.3 Å². The molecule has 0 radical (unpaired) electrons. The van der Waals surface area contributed by atoms with Crippen molar-refractivity contribution in [3.8, 4) is 0 Å². The van der Waals surface area contributed by atoms with Crippen LogP contribution in [0.4, 0.5) is 0 Å². The second kappa shape index (κ2) is 20.9. The summed E-state index contributed by atoms with van der Waals surface area (Å²) in [6.07, 6.45) is 21.8. The zero-order valence-electron chi connectivity index (χ0n) is 22.9. The van der Waals surface area contributed by atoms with Crippen molar-refractivity contribution in [3.05, 3.63) is 35.9 Å². The molecule has 198 valence electrons. The Balaban J connectivity index is 0.000000757. The van der Waals surface area contributed by atoms with Crippen molar-refractivity contribution in [2.24, 2.45) is 17.4 Å². The van der Waals surface area contributed by atoms with Crippen LogP contribution in [0.3, 0.4) is 0 Å². The second-order valence-corrected chi connectivity index (χ2v) is 10.7. The first-order valence-corrected chi connectivity index (χ1v) is 14.0. The van der Waals surface area contributed by atoms with Crippen molar-refractivity contribution < 1.29 is 9.90 Å². The molecule has 0 bridgehead atoms. The minimum Gasteiger partial charge on any atom is -0.480 e. The molecular formula is C30H56N2O2. The van der Waals surface area contributed by atoms with E-state index in [0.717, 1.165) is 5.56 Å². The molecule has 0 aliphatic rings. The maximum Gasteiger partial charge on any atom is 0.320 e. The average molecular weight is 477 g/mol. The van der Waals surface area contributed by atoms with Crippen LogP contribution in [-0.2, 0) is 11.2 Å². The van der Waals surface area contributed by atoms with E-state index in [1.807, 2.05) is 30.3 Å². The first-order valence-electron chi connectivity index (χ1n) is 14.0. The number of rotatable bonds is 19. The first kappa shape index (κ1) is 32.6. The Bertz CT molecular complexity index is 583. The van der Waals surface area contributed by atoms with Gasteiger partial charge in [-0.3, -0.25) is 4.79 Å². The van der Waals surface area contributed by atoms with Gasteiger partial charge in [-0.05, 0) is 38.2 Å². The van der Waals surface area contributed by atoms with Crippen LogP contribution in [0.25, 0.3) is 0 Å². The molecule has 1 rings (SSSR count). The number of aliphatic carboxylic acids is 1. The minimum absolute atomic E-state index is 0.00343. The van der Waals surface area contributed by atoms with Gasteiger partial charge >= 0.3 is 5.97 Å². The van der Waals surface area contributed by atoms with Gasteiger partial charge in [-0.1, -0.05) is 134 Å². The number of carboxylic acids is 1. The lowest BCUT2D eigenvalue weighted by Gasteiger charge is -2.27. The summed E-state index contributed by atoms with van der Waals surface area (Å²) in [6.45, 7) is 8.89. The Kier molecular flexibility index (Phi) is 20.1. The molecule has 0 aliphatic heterocycles. The van der Waals surface area contributed by atoms with E-state index < -0.39 is 12.0 Å². The van der Waals surface area contributed by atoms with Crippen LogP contribution >= 0.6 is 0 Å². The minimum atomic E-state index is -0.959. The first-order chi connectivity index (χ1) is 16.2. The highest BCUT2D eigenvalue weighted by atomic mass is 16.4. The molecule has 0 fully saturated rings. The Morgan fingerprint density at radius 1 is 0.824 bits per heavy atom. The second-order valence-electron chi connectivity index (χ2n) is 10.7. The summed E-state index contributed by atoms with van der Waals surface area (Å²) in [5, 5.41) is 8.52. The fourth-order valence-corrected chi connectivity index (χ4v) is 3.97. The molecule has 0 amide bonds. The van der Waals surface area contributed by atoms with Gasteiger partial charge < -0.3 is 16.6 Å². The van der Waals surface area contributed by atoms with Crippen LogP contribution < -0.4 is 11.5 Å². The topological polar surface area (TPSA) is 89.3 Å². The van der Waals surface area contributed by atoms with Crippen LogP contribution in [0, 0.1) is 5.92 Å². The Morgan fingerprint density at radius 2 is 1.24 bits per heavy atom. The van der Waals surface area contributed by atoms with E-state index in [2.05, 4.69) is 27.7 Å². The summed E-state index contributed by atoms with van der Waals surface area (Å²) >= 11 is 0. The molecule has 0 spiro atoms. The largest absolute Gasteiger partial charge is 0.480 e. The normalized spacial score (nSPS) is 13.1. The highest BCUT2D eigenvalue weighted by Crippen LogP contribution is 2.20. The van der Waals surface area contributed by atoms with Gasteiger partial charge in [0, 0.05) is 5.54 Å². The quantitative estimate of drug-likeness (QED) is 0.177. The molecule has 2 unspecified atom stereocenters. The third-order valence-corrected chi connectivity index (χ3v) is 6.88. The van der Waals surface area contributed by atoms with Gasteiger partial charge in [-0.15, -0.1) is 0 Å². The van der Waals surface area contributed by atoms with Crippen molar-refractivity contribution >= 4 is 5.97 Å². The maximum absolute atomic E-state index is 10.4. The van der Waals surface area contributed by atoms with E-state index in [1.54, 1.807) is 0 Å². The highest BCUT2D eigenvalue weighted by molar-refractivity contribution is 5.73. The number of hydrogen-bond acceptors (Lipinski definition) is 3. The predicted molar refractivity (Wildman–Crippen MR) is 148 cm³/mol. The molecule has 4 heteroatoms. The van der Waals surface area contributed by atoms with Gasteiger partial charge in [0.2, 0.25) is 0 Å². The zero-order valence-corrected chi connectivity index (χ0v) is 22.9. The zero-order chi connectivity index (χ0) is 25.7.